The summed E-state index contributed by atoms with van der Waals surface area (Å²) in [5, 5.41) is 3.49. The van der Waals surface area contributed by atoms with Crippen LogP contribution in [0.3, 0.4) is 0 Å². The fourth-order valence-electron chi connectivity index (χ4n) is 3.65. The van der Waals surface area contributed by atoms with Gasteiger partial charge in [-0.3, -0.25) is 4.79 Å². The Morgan fingerprint density at radius 3 is 2.84 bits per heavy atom. The Morgan fingerprint density at radius 1 is 1.21 bits per heavy atom. The number of rotatable bonds is 6. The molecular formula is C16H30N2O. The molecule has 0 aromatic carbocycles. The van der Waals surface area contributed by atoms with Crippen molar-refractivity contribution >= 4 is 5.91 Å². The minimum absolute atomic E-state index is 0.421. The number of hydrogen-bond donors (Lipinski definition) is 1. The quantitative estimate of drug-likeness (QED) is 0.750. The van der Waals surface area contributed by atoms with E-state index >= 15 is 0 Å². The maximum atomic E-state index is 12.4. The smallest absolute Gasteiger partial charge is 0.222 e. The van der Waals surface area contributed by atoms with Gasteiger partial charge in [0.25, 0.3) is 0 Å². The molecule has 2 saturated heterocycles. The van der Waals surface area contributed by atoms with Crippen molar-refractivity contribution in [3.63, 3.8) is 0 Å². The van der Waals surface area contributed by atoms with E-state index in [1.54, 1.807) is 0 Å². The first-order valence-electron chi connectivity index (χ1n) is 8.33. The minimum Gasteiger partial charge on any atom is -0.339 e. The summed E-state index contributed by atoms with van der Waals surface area (Å²) in [7, 11) is 0. The van der Waals surface area contributed by atoms with Crippen LogP contribution >= 0.6 is 0 Å². The van der Waals surface area contributed by atoms with Gasteiger partial charge in [-0.2, -0.15) is 0 Å². The van der Waals surface area contributed by atoms with Crippen LogP contribution in [0.1, 0.15) is 64.7 Å². The molecule has 0 saturated carbocycles. The Kier molecular flexibility index (Phi) is 6.15. The predicted molar refractivity (Wildman–Crippen MR) is 79.1 cm³/mol. The molecule has 110 valence electrons. The molecule has 0 spiro atoms. The fourth-order valence-corrected chi connectivity index (χ4v) is 3.65. The zero-order valence-electron chi connectivity index (χ0n) is 12.5. The number of carbonyl (C=O) groups is 1. The van der Waals surface area contributed by atoms with Crippen LogP contribution in [-0.2, 0) is 4.79 Å². The Bertz CT molecular complexity index is 274. The van der Waals surface area contributed by atoms with Crippen LogP contribution in [0.5, 0.6) is 0 Å². The molecule has 2 heterocycles. The van der Waals surface area contributed by atoms with Gasteiger partial charge in [-0.1, -0.05) is 26.2 Å². The molecule has 3 nitrogen and oxygen atoms in total. The highest BCUT2D eigenvalue weighted by Crippen LogP contribution is 2.29. The first kappa shape index (κ1) is 14.8. The second kappa shape index (κ2) is 7.88. The van der Waals surface area contributed by atoms with Gasteiger partial charge in [0, 0.05) is 19.0 Å². The third kappa shape index (κ3) is 4.20. The van der Waals surface area contributed by atoms with Gasteiger partial charge in [0.1, 0.15) is 0 Å². The normalized spacial score (nSPS) is 27.7. The first-order chi connectivity index (χ1) is 9.33. The van der Waals surface area contributed by atoms with E-state index in [0.29, 0.717) is 17.9 Å². The molecule has 0 aromatic heterocycles. The molecule has 0 radical (unpaired) electrons. The fraction of sp³-hybridized carbons (Fsp3) is 0.938. The topological polar surface area (TPSA) is 32.3 Å². The summed E-state index contributed by atoms with van der Waals surface area (Å²) in [6.45, 7) is 5.50. The molecule has 1 N–H and O–H groups in total. The third-order valence-electron chi connectivity index (χ3n) is 4.74. The highest BCUT2D eigenvalue weighted by atomic mass is 16.2. The van der Waals surface area contributed by atoms with E-state index in [-0.39, 0.29) is 0 Å². The number of hydrogen-bond acceptors (Lipinski definition) is 2. The maximum absolute atomic E-state index is 12.4. The van der Waals surface area contributed by atoms with Crippen molar-refractivity contribution in [2.24, 2.45) is 5.92 Å². The monoisotopic (exact) mass is 266 g/mol. The molecule has 2 rings (SSSR count). The summed E-state index contributed by atoms with van der Waals surface area (Å²) in [5.41, 5.74) is 0. The van der Waals surface area contributed by atoms with Crippen LogP contribution in [0.25, 0.3) is 0 Å². The number of unbranched alkanes of at least 4 members (excludes halogenated alkanes) is 3. The maximum Gasteiger partial charge on any atom is 0.222 e. The van der Waals surface area contributed by atoms with E-state index in [0.717, 1.165) is 32.5 Å². The zero-order valence-corrected chi connectivity index (χ0v) is 12.5. The lowest BCUT2D eigenvalue weighted by Crippen LogP contribution is -2.45. The van der Waals surface area contributed by atoms with Gasteiger partial charge >= 0.3 is 0 Å². The van der Waals surface area contributed by atoms with Gasteiger partial charge in [-0.25, -0.2) is 0 Å². The van der Waals surface area contributed by atoms with Gasteiger partial charge in [-0.05, 0) is 51.1 Å². The molecule has 0 aromatic rings. The lowest BCUT2D eigenvalue weighted by molar-refractivity contribution is -0.133. The number of likely N-dealkylation sites (tertiary alicyclic amines) is 1. The van der Waals surface area contributed by atoms with Crippen molar-refractivity contribution in [1.29, 1.82) is 0 Å². The summed E-state index contributed by atoms with van der Waals surface area (Å²) in [4.78, 5) is 14.6. The molecule has 2 aliphatic rings. The first-order valence-corrected chi connectivity index (χ1v) is 8.33. The molecule has 2 atom stereocenters. The summed E-state index contributed by atoms with van der Waals surface area (Å²) in [5.74, 6) is 1.13. The van der Waals surface area contributed by atoms with E-state index in [1.165, 1.54) is 44.9 Å². The molecule has 1 amide bonds. The Labute approximate surface area is 118 Å². The average Bonchev–Trinajstić information content (AvgIpc) is 2.94. The molecule has 0 aliphatic carbocycles. The predicted octanol–water partition coefficient (Wildman–Crippen LogP) is 2.95. The van der Waals surface area contributed by atoms with Crippen molar-refractivity contribution in [3.8, 4) is 0 Å². The van der Waals surface area contributed by atoms with Gasteiger partial charge in [0.2, 0.25) is 5.91 Å². The molecule has 2 unspecified atom stereocenters. The molecule has 2 fully saturated rings. The van der Waals surface area contributed by atoms with Crippen molar-refractivity contribution in [2.75, 3.05) is 19.6 Å². The molecule has 0 bridgehead atoms. The van der Waals surface area contributed by atoms with Crippen molar-refractivity contribution in [2.45, 2.75) is 70.8 Å². The lowest BCUT2D eigenvalue weighted by Gasteiger charge is -2.34. The van der Waals surface area contributed by atoms with Crippen LogP contribution in [0.2, 0.25) is 0 Å². The average molecular weight is 266 g/mol. The lowest BCUT2D eigenvalue weighted by atomic mass is 9.90. The summed E-state index contributed by atoms with van der Waals surface area (Å²) < 4.78 is 0. The van der Waals surface area contributed by atoms with E-state index in [2.05, 4.69) is 17.1 Å². The Balaban J connectivity index is 1.78. The van der Waals surface area contributed by atoms with Crippen LogP contribution in [0.4, 0.5) is 0 Å². The van der Waals surface area contributed by atoms with Gasteiger partial charge < -0.3 is 10.2 Å². The SMILES string of the molecule is CCCCCCC(=O)N1CCCC1C1CCCNC1. The number of nitrogens with zero attached hydrogens (tertiary/aromatic N) is 1. The second-order valence-electron chi connectivity index (χ2n) is 6.21. The van der Waals surface area contributed by atoms with Crippen molar-refractivity contribution < 1.29 is 4.79 Å². The summed E-state index contributed by atoms with van der Waals surface area (Å²) in [6, 6.07) is 0.534. The van der Waals surface area contributed by atoms with E-state index in [9.17, 15) is 4.79 Å². The van der Waals surface area contributed by atoms with Crippen LogP contribution in [-0.4, -0.2) is 36.5 Å². The number of amides is 1. The molecule has 2 aliphatic heterocycles. The molecule has 19 heavy (non-hydrogen) atoms. The minimum atomic E-state index is 0.421. The highest BCUT2D eigenvalue weighted by molar-refractivity contribution is 5.76. The summed E-state index contributed by atoms with van der Waals surface area (Å²) >= 11 is 0. The second-order valence-corrected chi connectivity index (χ2v) is 6.21. The third-order valence-corrected chi connectivity index (χ3v) is 4.74. The Hall–Kier alpha value is -0.570. The van der Waals surface area contributed by atoms with E-state index in [1.807, 2.05) is 0 Å². The van der Waals surface area contributed by atoms with Gasteiger partial charge in [0.15, 0.2) is 0 Å². The largest absolute Gasteiger partial charge is 0.339 e. The Morgan fingerprint density at radius 2 is 2.11 bits per heavy atom. The van der Waals surface area contributed by atoms with E-state index < -0.39 is 0 Å². The number of piperidine rings is 1. The summed E-state index contributed by atoms with van der Waals surface area (Å²) in [6.07, 6.45) is 10.6. The molecular weight excluding hydrogens is 236 g/mol. The van der Waals surface area contributed by atoms with Crippen molar-refractivity contribution in [3.05, 3.63) is 0 Å². The molecule has 3 heteroatoms. The van der Waals surface area contributed by atoms with Crippen LogP contribution in [0.15, 0.2) is 0 Å². The van der Waals surface area contributed by atoms with Crippen LogP contribution in [0, 0.1) is 5.92 Å². The zero-order chi connectivity index (χ0) is 13.5. The number of nitrogens with one attached hydrogen (secondary N) is 1. The highest BCUT2D eigenvalue weighted by Gasteiger charge is 2.34. The van der Waals surface area contributed by atoms with Gasteiger partial charge in [-0.15, -0.1) is 0 Å². The standard InChI is InChI=1S/C16H30N2O/c1-2-3-4-5-10-16(19)18-12-7-9-15(18)14-8-6-11-17-13-14/h14-15,17H,2-13H2,1H3. The van der Waals surface area contributed by atoms with Crippen molar-refractivity contribution in [1.82, 2.24) is 10.2 Å². The number of carbonyl (C=O) groups excluding carboxylic acids is 1. The van der Waals surface area contributed by atoms with E-state index in [4.69, 9.17) is 0 Å². The van der Waals surface area contributed by atoms with Crippen LogP contribution < -0.4 is 5.32 Å². The van der Waals surface area contributed by atoms with Gasteiger partial charge in [0.05, 0.1) is 0 Å².